The molecule has 3 N–H and O–H groups in total. The molecular weight excluding hydrogens is 270 g/mol. The van der Waals surface area contributed by atoms with Gasteiger partial charge in [0.25, 0.3) is 0 Å². The van der Waals surface area contributed by atoms with E-state index < -0.39 is 0 Å². The highest BCUT2D eigenvalue weighted by Crippen LogP contribution is 2.25. The quantitative estimate of drug-likeness (QED) is 0.675. The van der Waals surface area contributed by atoms with E-state index in [9.17, 15) is 5.11 Å². The van der Waals surface area contributed by atoms with Crippen LogP contribution in [0.4, 0.5) is 0 Å². The van der Waals surface area contributed by atoms with Gasteiger partial charge in [-0.25, -0.2) is 0 Å². The van der Waals surface area contributed by atoms with Crippen molar-refractivity contribution < 1.29 is 5.11 Å². The summed E-state index contributed by atoms with van der Waals surface area (Å²) in [5.74, 6) is 0.325. The van der Waals surface area contributed by atoms with E-state index in [1.165, 1.54) is 4.88 Å². The number of hydrogen-bond acceptors (Lipinski definition) is 4. The maximum Gasteiger partial charge on any atom is 0.120 e. The molecule has 0 saturated carbocycles. The first-order valence-electron chi connectivity index (χ1n) is 6.38. The Morgan fingerprint density at radius 3 is 2.75 bits per heavy atom. The van der Waals surface area contributed by atoms with Crippen LogP contribution in [0, 0.1) is 0 Å². The van der Waals surface area contributed by atoms with Gasteiger partial charge in [-0.3, -0.25) is 5.10 Å². The topological polar surface area (TPSA) is 60.9 Å². The number of benzene rings is 1. The van der Waals surface area contributed by atoms with Gasteiger partial charge in [0.2, 0.25) is 0 Å². The number of H-pyrrole nitrogens is 1. The van der Waals surface area contributed by atoms with Gasteiger partial charge in [0.1, 0.15) is 5.75 Å². The molecule has 1 aromatic carbocycles. The van der Waals surface area contributed by atoms with Gasteiger partial charge in [0.15, 0.2) is 0 Å². The average molecular weight is 285 g/mol. The second kappa shape index (κ2) is 5.90. The number of phenols is 1. The first kappa shape index (κ1) is 12.9. The van der Waals surface area contributed by atoms with Crippen molar-refractivity contribution in [3.63, 3.8) is 0 Å². The zero-order chi connectivity index (χ0) is 13.8. The second-order valence-electron chi connectivity index (χ2n) is 4.48. The number of aromatic hydroxyl groups is 1. The van der Waals surface area contributed by atoms with Crippen molar-refractivity contribution >= 4 is 11.3 Å². The van der Waals surface area contributed by atoms with Crippen molar-refractivity contribution in [1.82, 2.24) is 15.5 Å². The third-order valence-electron chi connectivity index (χ3n) is 3.11. The number of aromatic nitrogens is 2. The van der Waals surface area contributed by atoms with Crippen LogP contribution in [0.2, 0.25) is 0 Å². The Morgan fingerprint density at radius 2 is 1.95 bits per heavy atom. The van der Waals surface area contributed by atoms with Gasteiger partial charge in [-0.05, 0) is 17.5 Å². The molecule has 0 bridgehead atoms. The lowest BCUT2D eigenvalue weighted by Gasteiger charge is -2.06. The molecule has 2 aromatic heterocycles. The molecule has 0 saturated heterocycles. The summed E-state index contributed by atoms with van der Waals surface area (Å²) in [5, 5.41) is 22.3. The maximum atomic E-state index is 9.72. The molecule has 0 aliphatic carbocycles. The van der Waals surface area contributed by atoms with Gasteiger partial charge < -0.3 is 10.4 Å². The van der Waals surface area contributed by atoms with Gasteiger partial charge in [-0.2, -0.15) is 5.10 Å². The molecule has 5 heteroatoms. The van der Waals surface area contributed by atoms with Crippen LogP contribution >= 0.6 is 11.3 Å². The molecule has 20 heavy (non-hydrogen) atoms. The summed E-state index contributed by atoms with van der Waals surface area (Å²) in [6, 6.07) is 11.5. The Hall–Kier alpha value is -2.11. The minimum Gasteiger partial charge on any atom is -0.508 e. The van der Waals surface area contributed by atoms with Crippen molar-refractivity contribution in [3.05, 3.63) is 59.1 Å². The molecule has 0 radical (unpaired) electrons. The third-order valence-corrected chi connectivity index (χ3v) is 4.00. The van der Waals surface area contributed by atoms with Crippen LogP contribution in [-0.4, -0.2) is 15.3 Å². The lowest BCUT2D eigenvalue weighted by atomic mass is 10.2. The van der Waals surface area contributed by atoms with Crippen LogP contribution in [0.25, 0.3) is 10.6 Å². The Morgan fingerprint density at radius 1 is 1.10 bits per heavy atom. The second-order valence-corrected chi connectivity index (χ2v) is 5.43. The van der Waals surface area contributed by atoms with Crippen LogP contribution < -0.4 is 5.32 Å². The molecule has 3 rings (SSSR count). The molecule has 102 valence electrons. The van der Waals surface area contributed by atoms with Crippen LogP contribution in [0.5, 0.6) is 5.75 Å². The molecule has 0 aliphatic rings. The first-order chi connectivity index (χ1) is 9.84. The normalized spacial score (nSPS) is 10.8. The largest absolute Gasteiger partial charge is 0.508 e. The summed E-state index contributed by atoms with van der Waals surface area (Å²) in [7, 11) is 0. The Balaban J connectivity index is 1.65. The average Bonchev–Trinajstić information content (AvgIpc) is 3.11. The number of aromatic amines is 1. The Labute approximate surface area is 121 Å². The predicted molar refractivity (Wildman–Crippen MR) is 80.6 cm³/mol. The zero-order valence-electron chi connectivity index (χ0n) is 10.8. The minimum absolute atomic E-state index is 0.325. The van der Waals surface area contributed by atoms with Crippen molar-refractivity contribution in [3.8, 4) is 16.3 Å². The monoisotopic (exact) mass is 285 g/mol. The summed E-state index contributed by atoms with van der Waals surface area (Å²) < 4.78 is 0. The highest BCUT2D eigenvalue weighted by atomic mass is 32.1. The van der Waals surface area contributed by atoms with E-state index in [1.807, 2.05) is 30.5 Å². The molecule has 0 aliphatic heterocycles. The Kier molecular flexibility index (Phi) is 3.80. The first-order valence-corrected chi connectivity index (χ1v) is 7.26. The molecule has 0 unspecified atom stereocenters. The fourth-order valence-corrected chi connectivity index (χ4v) is 2.83. The molecule has 3 aromatic rings. The van der Waals surface area contributed by atoms with E-state index in [2.05, 4.69) is 27.0 Å². The number of thiophene rings is 1. The summed E-state index contributed by atoms with van der Waals surface area (Å²) in [6.45, 7) is 1.33. The van der Waals surface area contributed by atoms with Crippen LogP contribution in [-0.2, 0) is 13.1 Å². The number of hydrogen-bond donors (Lipinski definition) is 3. The number of rotatable bonds is 5. The smallest absolute Gasteiger partial charge is 0.120 e. The molecule has 0 atom stereocenters. The summed E-state index contributed by atoms with van der Waals surface area (Å²) >= 11 is 1.69. The SMILES string of the molecule is Oc1ccccc1CNCc1cn[nH]c1-c1cccs1. The van der Waals surface area contributed by atoms with Crippen LogP contribution in [0.3, 0.4) is 0 Å². The van der Waals surface area contributed by atoms with Crippen LogP contribution in [0.15, 0.2) is 48.0 Å². The highest BCUT2D eigenvalue weighted by Gasteiger charge is 2.08. The van der Waals surface area contributed by atoms with Crippen molar-refractivity contribution in [2.45, 2.75) is 13.1 Å². The summed E-state index contributed by atoms with van der Waals surface area (Å²) in [5.41, 5.74) is 3.08. The highest BCUT2D eigenvalue weighted by molar-refractivity contribution is 7.13. The minimum atomic E-state index is 0.325. The molecule has 2 heterocycles. The summed E-state index contributed by atoms with van der Waals surface area (Å²) in [6.07, 6.45) is 1.84. The molecule has 0 fully saturated rings. The van der Waals surface area contributed by atoms with Gasteiger partial charge >= 0.3 is 0 Å². The zero-order valence-corrected chi connectivity index (χ0v) is 11.7. The lowest BCUT2D eigenvalue weighted by molar-refractivity contribution is 0.464. The van der Waals surface area contributed by atoms with Gasteiger partial charge in [-0.1, -0.05) is 24.3 Å². The predicted octanol–water partition coefficient (Wildman–Crippen LogP) is 3.13. The number of phenolic OH excluding ortho intramolecular Hbond substituents is 1. The van der Waals surface area contributed by atoms with Gasteiger partial charge in [0, 0.05) is 24.2 Å². The third kappa shape index (κ3) is 2.74. The molecule has 0 spiro atoms. The van der Waals surface area contributed by atoms with Crippen molar-refractivity contribution in [2.75, 3.05) is 0 Å². The van der Waals surface area contributed by atoms with Crippen LogP contribution in [0.1, 0.15) is 11.1 Å². The molecule has 4 nitrogen and oxygen atoms in total. The lowest BCUT2D eigenvalue weighted by Crippen LogP contribution is -2.12. The van der Waals surface area contributed by atoms with Gasteiger partial charge in [-0.15, -0.1) is 11.3 Å². The standard InChI is InChI=1S/C15H15N3OS/c19-13-5-2-1-4-11(13)8-16-9-12-10-17-18-15(12)14-6-3-7-20-14/h1-7,10,16,19H,8-9H2,(H,17,18). The van der Waals surface area contributed by atoms with E-state index >= 15 is 0 Å². The number of nitrogens with one attached hydrogen (secondary N) is 2. The fourth-order valence-electron chi connectivity index (χ4n) is 2.07. The Bertz CT molecular complexity index is 676. The number of nitrogens with zero attached hydrogens (tertiary/aromatic N) is 1. The van der Waals surface area contributed by atoms with E-state index in [0.717, 1.165) is 16.8 Å². The fraction of sp³-hybridized carbons (Fsp3) is 0.133. The summed E-state index contributed by atoms with van der Waals surface area (Å²) in [4.78, 5) is 1.18. The molecule has 0 amide bonds. The van der Waals surface area contributed by atoms with E-state index in [-0.39, 0.29) is 0 Å². The maximum absolute atomic E-state index is 9.72. The van der Waals surface area contributed by atoms with E-state index in [4.69, 9.17) is 0 Å². The van der Waals surface area contributed by atoms with E-state index in [0.29, 0.717) is 18.8 Å². The van der Waals surface area contributed by atoms with Crippen molar-refractivity contribution in [1.29, 1.82) is 0 Å². The number of para-hydroxylation sites is 1. The van der Waals surface area contributed by atoms with Gasteiger partial charge in [0.05, 0.1) is 16.8 Å². The van der Waals surface area contributed by atoms with Crippen molar-refractivity contribution in [2.24, 2.45) is 0 Å². The molecular formula is C15H15N3OS. The van der Waals surface area contributed by atoms with E-state index in [1.54, 1.807) is 17.4 Å².